The monoisotopic (exact) mass is 390 g/mol. The fourth-order valence-electron chi connectivity index (χ4n) is 2.76. The lowest BCUT2D eigenvalue weighted by Crippen LogP contribution is -3.14. The third-order valence-electron chi connectivity index (χ3n) is 4.71. The van der Waals surface area contributed by atoms with Crippen LogP contribution in [0, 0.1) is 13.8 Å². The molecule has 2 amide bonds. The van der Waals surface area contributed by atoms with Crippen molar-refractivity contribution in [1.29, 1.82) is 0 Å². The quantitative estimate of drug-likeness (QED) is 0.622. The lowest BCUT2D eigenvalue weighted by Gasteiger charge is -2.21. The molecule has 146 valence electrons. The highest BCUT2D eigenvalue weighted by molar-refractivity contribution is 7.98. The average molecular weight is 391 g/mol. The Balaban J connectivity index is 1.96. The molecule has 1 heterocycles. The molecule has 0 aliphatic rings. The summed E-state index contributed by atoms with van der Waals surface area (Å²) in [6.45, 7) is 5.78. The number of amides is 2. The summed E-state index contributed by atoms with van der Waals surface area (Å²) in [5.41, 5.74) is 3.21. The number of carbonyl (C=O) groups excluding carboxylic acids is 2. The summed E-state index contributed by atoms with van der Waals surface area (Å²) in [6.07, 6.45) is 1.97. The van der Waals surface area contributed by atoms with Crippen molar-refractivity contribution >= 4 is 35.0 Å². The number of hydrogen-bond donors (Lipinski definition) is 3. The van der Waals surface area contributed by atoms with E-state index in [1.807, 2.05) is 65.4 Å². The van der Waals surface area contributed by atoms with Gasteiger partial charge in [-0.15, -0.1) is 11.8 Å². The molecule has 0 saturated carbocycles. The van der Waals surface area contributed by atoms with Gasteiger partial charge in [0, 0.05) is 11.9 Å². The van der Waals surface area contributed by atoms with Crippen LogP contribution < -0.4 is 15.5 Å². The van der Waals surface area contributed by atoms with Crippen LogP contribution in [0.4, 0.5) is 11.4 Å². The zero-order valence-corrected chi connectivity index (χ0v) is 17.5. The van der Waals surface area contributed by atoms with Crippen LogP contribution in [-0.2, 0) is 16.6 Å². The van der Waals surface area contributed by atoms with E-state index in [4.69, 9.17) is 0 Å². The fraction of sp³-hybridized carbons (Fsp3) is 0.421. The molecule has 27 heavy (non-hydrogen) atoms. The topological polar surface area (TPSA) is 80.5 Å². The molecule has 2 atom stereocenters. The fourth-order valence-corrected chi connectivity index (χ4v) is 3.31. The molecule has 0 aliphatic carbocycles. The number of anilines is 2. The number of aromatic nitrogens is 2. The summed E-state index contributed by atoms with van der Waals surface area (Å²) in [6, 6.07) is 7.29. The molecule has 0 fully saturated rings. The molecular weight excluding hydrogens is 362 g/mol. The SMILES string of the molecule is CSc1ccccc1NC(=O)C[NH+](C)[C@@H](C)C(=O)Nc1c(C)nn(C)c1C. The molecule has 3 N–H and O–H groups in total. The van der Waals surface area contributed by atoms with Crippen molar-refractivity contribution < 1.29 is 14.5 Å². The number of hydrogen-bond acceptors (Lipinski definition) is 4. The van der Waals surface area contributed by atoms with E-state index < -0.39 is 0 Å². The maximum absolute atomic E-state index is 12.6. The Morgan fingerprint density at radius 2 is 1.93 bits per heavy atom. The van der Waals surface area contributed by atoms with Gasteiger partial charge in [-0.2, -0.15) is 5.10 Å². The Bertz CT molecular complexity index is 834. The zero-order valence-electron chi connectivity index (χ0n) is 16.7. The number of likely N-dealkylation sites (N-methyl/N-ethyl adjacent to an activating group) is 1. The molecule has 0 aliphatic heterocycles. The van der Waals surface area contributed by atoms with Gasteiger partial charge in [-0.25, -0.2) is 0 Å². The highest BCUT2D eigenvalue weighted by atomic mass is 32.2. The van der Waals surface area contributed by atoms with E-state index in [-0.39, 0.29) is 24.4 Å². The van der Waals surface area contributed by atoms with E-state index >= 15 is 0 Å². The first-order valence-corrected chi connectivity index (χ1v) is 10.0. The van der Waals surface area contributed by atoms with Crippen LogP contribution in [-0.4, -0.2) is 47.5 Å². The van der Waals surface area contributed by atoms with Gasteiger partial charge < -0.3 is 15.5 Å². The van der Waals surface area contributed by atoms with Gasteiger partial charge in [-0.05, 0) is 39.2 Å². The van der Waals surface area contributed by atoms with Crippen molar-refractivity contribution in [3.8, 4) is 0 Å². The summed E-state index contributed by atoms with van der Waals surface area (Å²) in [5.74, 6) is -0.258. The average Bonchev–Trinajstić information content (AvgIpc) is 2.87. The molecule has 0 bridgehead atoms. The van der Waals surface area contributed by atoms with E-state index in [2.05, 4.69) is 15.7 Å². The van der Waals surface area contributed by atoms with E-state index in [1.165, 1.54) is 0 Å². The molecule has 8 heteroatoms. The number of carbonyl (C=O) groups is 2. The summed E-state index contributed by atoms with van der Waals surface area (Å²) >= 11 is 1.58. The van der Waals surface area contributed by atoms with Gasteiger partial charge in [-0.3, -0.25) is 14.3 Å². The van der Waals surface area contributed by atoms with Gasteiger partial charge in [-0.1, -0.05) is 12.1 Å². The largest absolute Gasteiger partial charge is 0.320 e. The van der Waals surface area contributed by atoms with Crippen LogP contribution in [0.25, 0.3) is 0 Å². The van der Waals surface area contributed by atoms with E-state index in [0.717, 1.165) is 32.6 Å². The minimum atomic E-state index is -0.384. The molecule has 7 nitrogen and oxygen atoms in total. The van der Waals surface area contributed by atoms with Crippen molar-refractivity contribution in [2.75, 3.05) is 30.5 Å². The second kappa shape index (κ2) is 9.05. The van der Waals surface area contributed by atoms with Crippen molar-refractivity contribution in [2.45, 2.75) is 31.7 Å². The highest BCUT2D eigenvalue weighted by Gasteiger charge is 2.25. The number of quaternary nitrogens is 1. The standard InChI is InChI=1S/C19H27N5O2S/c1-12-18(13(2)24(5)22-12)21-19(26)14(3)23(4)11-17(25)20-15-9-7-8-10-16(15)27-6/h7-10,14H,11H2,1-6H3,(H,20,25)(H,21,26)/p+1/t14-/m0/s1. The minimum Gasteiger partial charge on any atom is -0.320 e. The summed E-state index contributed by atoms with van der Waals surface area (Å²) in [4.78, 5) is 26.8. The Morgan fingerprint density at radius 3 is 2.52 bits per heavy atom. The number of benzene rings is 1. The molecule has 0 radical (unpaired) electrons. The number of nitrogens with one attached hydrogen (secondary N) is 3. The maximum Gasteiger partial charge on any atom is 0.282 e. The Labute approximate surface area is 164 Å². The number of aryl methyl sites for hydroxylation is 2. The normalized spacial score (nSPS) is 13.1. The van der Waals surface area contributed by atoms with Crippen molar-refractivity contribution in [3.63, 3.8) is 0 Å². The van der Waals surface area contributed by atoms with Crippen LogP contribution >= 0.6 is 11.8 Å². The summed E-state index contributed by atoms with van der Waals surface area (Å²) < 4.78 is 1.74. The molecule has 0 spiro atoms. The lowest BCUT2D eigenvalue weighted by atomic mass is 10.2. The summed E-state index contributed by atoms with van der Waals surface area (Å²) in [7, 11) is 3.68. The van der Waals surface area contributed by atoms with Gasteiger partial charge >= 0.3 is 0 Å². The molecule has 1 aromatic heterocycles. The Hall–Kier alpha value is -2.32. The van der Waals surface area contributed by atoms with Crippen molar-refractivity contribution in [1.82, 2.24) is 9.78 Å². The number of thioether (sulfide) groups is 1. The van der Waals surface area contributed by atoms with Crippen LogP contribution in [0.15, 0.2) is 29.2 Å². The van der Waals surface area contributed by atoms with Gasteiger partial charge in [0.2, 0.25) is 0 Å². The molecule has 1 unspecified atom stereocenters. The predicted octanol–water partition coefficient (Wildman–Crippen LogP) is 1.24. The van der Waals surface area contributed by atoms with Crippen LogP contribution in [0.3, 0.4) is 0 Å². The lowest BCUT2D eigenvalue weighted by molar-refractivity contribution is -0.885. The zero-order chi connectivity index (χ0) is 20.1. The Morgan fingerprint density at radius 1 is 1.26 bits per heavy atom. The van der Waals surface area contributed by atoms with Crippen molar-refractivity contribution in [2.24, 2.45) is 7.05 Å². The van der Waals surface area contributed by atoms with Gasteiger partial charge in [0.1, 0.15) is 0 Å². The van der Waals surface area contributed by atoms with Gasteiger partial charge in [0.15, 0.2) is 12.6 Å². The molecular formula is C19H28N5O2S+. The first-order chi connectivity index (χ1) is 12.7. The number of rotatable bonds is 7. The second-order valence-corrected chi connectivity index (χ2v) is 7.50. The number of para-hydroxylation sites is 1. The predicted molar refractivity (Wildman–Crippen MR) is 109 cm³/mol. The van der Waals surface area contributed by atoms with Gasteiger partial charge in [0.05, 0.1) is 29.8 Å². The highest BCUT2D eigenvalue weighted by Crippen LogP contribution is 2.24. The van der Waals surface area contributed by atoms with E-state index in [1.54, 1.807) is 16.4 Å². The number of nitrogens with zero attached hydrogens (tertiary/aromatic N) is 2. The molecule has 2 rings (SSSR count). The molecule has 2 aromatic rings. The van der Waals surface area contributed by atoms with Crippen LogP contribution in [0.1, 0.15) is 18.3 Å². The van der Waals surface area contributed by atoms with E-state index in [0.29, 0.717) is 0 Å². The first-order valence-electron chi connectivity index (χ1n) is 8.80. The summed E-state index contributed by atoms with van der Waals surface area (Å²) in [5, 5.41) is 10.2. The van der Waals surface area contributed by atoms with Crippen LogP contribution in [0.5, 0.6) is 0 Å². The third kappa shape index (κ3) is 5.11. The van der Waals surface area contributed by atoms with E-state index in [9.17, 15) is 9.59 Å². The Kier molecular flexibility index (Phi) is 7.04. The smallest absolute Gasteiger partial charge is 0.282 e. The first kappa shape index (κ1) is 21.0. The maximum atomic E-state index is 12.6. The minimum absolute atomic E-state index is 0.123. The van der Waals surface area contributed by atoms with Crippen LogP contribution in [0.2, 0.25) is 0 Å². The third-order valence-corrected chi connectivity index (χ3v) is 5.51. The van der Waals surface area contributed by atoms with Gasteiger partial charge in [0.25, 0.3) is 11.8 Å². The molecule has 0 saturated heterocycles. The molecule has 1 aromatic carbocycles. The van der Waals surface area contributed by atoms with Crippen molar-refractivity contribution in [3.05, 3.63) is 35.7 Å². The second-order valence-electron chi connectivity index (χ2n) is 6.65.